The van der Waals surface area contributed by atoms with Gasteiger partial charge in [0.25, 0.3) is 23.1 Å². The molecular weight excluding hydrogens is 486 g/mol. The van der Waals surface area contributed by atoms with Gasteiger partial charge in [0.15, 0.2) is 0 Å². The molecule has 0 bridgehead atoms. The average molecular weight is 512 g/mol. The highest BCUT2D eigenvalue weighted by molar-refractivity contribution is 6.10. The minimum atomic E-state index is -0.761. The molecule has 0 spiro atoms. The number of amides is 2. The van der Waals surface area contributed by atoms with Crippen molar-refractivity contribution >= 4 is 29.3 Å². The van der Waals surface area contributed by atoms with Gasteiger partial charge in [0.2, 0.25) is 0 Å². The predicted octanol–water partition coefficient (Wildman–Crippen LogP) is 4.11. The molecule has 1 aromatic heterocycles. The number of hydrogen-bond donors (Lipinski definition) is 2. The summed E-state index contributed by atoms with van der Waals surface area (Å²) in [7, 11) is 1.69. The lowest BCUT2D eigenvalue weighted by molar-refractivity contribution is -0.384. The molecule has 3 aromatic carbocycles. The van der Waals surface area contributed by atoms with Crippen LogP contribution >= 0.6 is 0 Å². The third-order valence-electron chi connectivity index (χ3n) is 5.99. The molecule has 10 nitrogen and oxygen atoms in total. The zero-order valence-corrected chi connectivity index (χ0v) is 21.0. The molecule has 4 rings (SSSR count). The first-order chi connectivity index (χ1) is 18.2. The SMILES string of the molecule is Cc1ccc(C(=O)NC(=Cc2cccc([N+](=O)[O-])c2)C(=O)Nc2c(C)n(C)n(-c3ccccc3)c2=O)cc1. The van der Waals surface area contributed by atoms with Crippen molar-refractivity contribution in [2.45, 2.75) is 13.8 Å². The van der Waals surface area contributed by atoms with Crippen LogP contribution < -0.4 is 16.2 Å². The zero-order valence-electron chi connectivity index (χ0n) is 21.0. The zero-order chi connectivity index (χ0) is 27.4. The molecule has 4 aromatic rings. The van der Waals surface area contributed by atoms with E-state index in [-0.39, 0.29) is 17.1 Å². The summed E-state index contributed by atoms with van der Waals surface area (Å²) in [6.45, 7) is 3.57. The summed E-state index contributed by atoms with van der Waals surface area (Å²) < 4.78 is 3.03. The van der Waals surface area contributed by atoms with E-state index in [1.807, 2.05) is 13.0 Å². The topological polar surface area (TPSA) is 128 Å². The Kier molecular flexibility index (Phi) is 7.33. The van der Waals surface area contributed by atoms with Gasteiger partial charge in [-0.25, -0.2) is 4.68 Å². The molecule has 0 aliphatic rings. The smallest absolute Gasteiger partial charge is 0.295 e. The van der Waals surface area contributed by atoms with Crippen LogP contribution in [0.4, 0.5) is 11.4 Å². The number of nitrogens with one attached hydrogen (secondary N) is 2. The van der Waals surface area contributed by atoms with Crippen molar-refractivity contribution in [1.82, 2.24) is 14.7 Å². The number of aromatic nitrogens is 2. The van der Waals surface area contributed by atoms with Crippen molar-refractivity contribution in [3.05, 3.63) is 127 Å². The Bertz CT molecular complexity index is 1620. The predicted molar refractivity (Wildman–Crippen MR) is 144 cm³/mol. The molecule has 1 heterocycles. The lowest BCUT2D eigenvalue weighted by Gasteiger charge is -2.11. The fraction of sp³-hybridized carbons (Fsp3) is 0.107. The maximum atomic E-state index is 13.4. The number of carbonyl (C=O) groups is 2. The number of aryl methyl sites for hydroxylation is 1. The lowest BCUT2D eigenvalue weighted by atomic mass is 10.1. The van der Waals surface area contributed by atoms with Gasteiger partial charge < -0.3 is 10.6 Å². The van der Waals surface area contributed by atoms with Gasteiger partial charge in [-0.05, 0) is 49.8 Å². The maximum Gasteiger partial charge on any atom is 0.295 e. The fourth-order valence-corrected chi connectivity index (χ4v) is 3.85. The molecule has 0 radical (unpaired) electrons. The molecule has 10 heteroatoms. The first kappa shape index (κ1) is 25.8. The Hall–Kier alpha value is -5.25. The quantitative estimate of drug-likeness (QED) is 0.219. The van der Waals surface area contributed by atoms with Gasteiger partial charge in [0, 0.05) is 24.7 Å². The summed E-state index contributed by atoms with van der Waals surface area (Å²) in [6, 6.07) is 21.3. The molecule has 192 valence electrons. The molecule has 2 amide bonds. The van der Waals surface area contributed by atoms with Gasteiger partial charge in [-0.1, -0.05) is 48.0 Å². The highest BCUT2D eigenvalue weighted by Gasteiger charge is 2.21. The minimum absolute atomic E-state index is 0.0379. The Labute approximate surface area is 218 Å². The van der Waals surface area contributed by atoms with Crippen molar-refractivity contribution in [1.29, 1.82) is 0 Å². The van der Waals surface area contributed by atoms with Gasteiger partial charge >= 0.3 is 0 Å². The summed E-state index contributed by atoms with van der Waals surface area (Å²) in [5, 5.41) is 16.4. The van der Waals surface area contributed by atoms with E-state index in [0.29, 0.717) is 22.5 Å². The van der Waals surface area contributed by atoms with Crippen LogP contribution in [-0.2, 0) is 11.8 Å². The molecular formula is C28H25N5O5. The van der Waals surface area contributed by atoms with Crippen LogP contribution in [0.3, 0.4) is 0 Å². The van der Waals surface area contributed by atoms with Gasteiger partial charge in [0.1, 0.15) is 11.4 Å². The van der Waals surface area contributed by atoms with Crippen molar-refractivity contribution in [3.63, 3.8) is 0 Å². The van der Waals surface area contributed by atoms with E-state index in [1.54, 1.807) is 73.3 Å². The first-order valence-corrected chi connectivity index (χ1v) is 11.6. The number of anilines is 1. The lowest BCUT2D eigenvalue weighted by Crippen LogP contribution is -2.32. The molecule has 2 N–H and O–H groups in total. The molecule has 0 aliphatic heterocycles. The maximum absolute atomic E-state index is 13.4. The van der Waals surface area contributed by atoms with E-state index >= 15 is 0 Å². The van der Waals surface area contributed by atoms with E-state index in [0.717, 1.165) is 5.56 Å². The van der Waals surface area contributed by atoms with E-state index in [4.69, 9.17) is 0 Å². The monoisotopic (exact) mass is 511 g/mol. The van der Waals surface area contributed by atoms with E-state index in [1.165, 1.54) is 29.0 Å². The number of carbonyl (C=O) groups excluding carboxylic acids is 2. The van der Waals surface area contributed by atoms with E-state index < -0.39 is 22.3 Å². The Morgan fingerprint density at radius 1 is 0.947 bits per heavy atom. The molecule has 38 heavy (non-hydrogen) atoms. The molecule has 0 atom stereocenters. The van der Waals surface area contributed by atoms with E-state index in [9.17, 15) is 24.5 Å². The molecule has 0 unspecified atom stereocenters. The van der Waals surface area contributed by atoms with Crippen LogP contribution in [0.15, 0.2) is 89.4 Å². The second kappa shape index (κ2) is 10.8. The van der Waals surface area contributed by atoms with Crippen molar-refractivity contribution < 1.29 is 14.5 Å². The minimum Gasteiger partial charge on any atom is -0.317 e. The van der Waals surface area contributed by atoms with Gasteiger partial charge in [-0.3, -0.25) is 29.2 Å². The highest BCUT2D eigenvalue weighted by Crippen LogP contribution is 2.18. The molecule has 0 fully saturated rings. The number of benzene rings is 3. The van der Waals surface area contributed by atoms with Gasteiger partial charge in [-0.15, -0.1) is 0 Å². The summed E-state index contributed by atoms with van der Waals surface area (Å²) in [6.07, 6.45) is 1.32. The first-order valence-electron chi connectivity index (χ1n) is 11.6. The van der Waals surface area contributed by atoms with Crippen molar-refractivity contribution in [2.75, 3.05) is 5.32 Å². The largest absolute Gasteiger partial charge is 0.317 e. The second-order valence-electron chi connectivity index (χ2n) is 8.62. The Morgan fingerprint density at radius 2 is 1.63 bits per heavy atom. The summed E-state index contributed by atoms with van der Waals surface area (Å²) in [4.78, 5) is 50.3. The van der Waals surface area contributed by atoms with Crippen molar-refractivity contribution in [2.24, 2.45) is 7.05 Å². The van der Waals surface area contributed by atoms with Crippen LogP contribution in [0.2, 0.25) is 0 Å². The number of nitro benzene ring substituents is 1. The Morgan fingerprint density at radius 3 is 2.29 bits per heavy atom. The number of nitrogens with zero attached hydrogens (tertiary/aromatic N) is 3. The van der Waals surface area contributed by atoms with Crippen LogP contribution in [0.25, 0.3) is 11.8 Å². The molecule has 0 saturated heterocycles. The van der Waals surface area contributed by atoms with Crippen LogP contribution in [0.5, 0.6) is 0 Å². The van der Waals surface area contributed by atoms with Crippen LogP contribution in [0.1, 0.15) is 27.2 Å². The third kappa shape index (κ3) is 5.44. The Balaban J connectivity index is 1.72. The van der Waals surface area contributed by atoms with Gasteiger partial charge in [-0.2, -0.15) is 0 Å². The number of para-hydroxylation sites is 1. The number of nitro groups is 1. The normalized spacial score (nSPS) is 11.2. The molecule has 0 saturated carbocycles. The highest BCUT2D eigenvalue weighted by atomic mass is 16.6. The average Bonchev–Trinajstić information content (AvgIpc) is 3.12. The number of non-ortho nitro benzene ring substituents is 1. The van der Waals surface area contributed by atoms with Gasteiger partial charge in [0.05, 0.1) is 16.3 Å². The number of hydrogen-bond acceptors (Lipinski definition) is 5. The molecule has 0 aliphatic carbocycles. The number of rotatable bonds is 7. The second-order valence-corrected chi connectivity index (χ2v) is 8.62. The summed E-state index contributed by atoms with van der Waals surface area (Å²) in [5.74, 6) is -1.31. The van der Waals surface area contributed by atoms with Crippen LogP contribution in [-0.4, -0.2) is 26.1 Å². The van der Waals surface area contributed by atoms with Crippen LogP contribution in [0, 0.1) is 24.0 Å². The standard InChI is InChI=1S/C28H25N5O5/c1-18-12-14-21(15-13-18)26(34)29-24(17-20-8-7-11-23(16-20)33(37)38)27(35)30-25-19(2)31(3)32(28(25)36)22-9-5-4-6-10-22/h4-17H,1-3H3,(H,29,34)(H,30,35). The fourth-order valence-electron chi connectivity index (χ4n) is 3.85. The summed E-state index contributed by atoms with van der Waals surface area (Å²) in [5.41, 5.74) is 1.92. The van der Waals surface area contributed by atoms with Crippen molar-refractivity contribution in [3.8, 4) is 5.69 Å². The summed E-state index contributed by atoms with van der Waals surface area (Å²) >= 11 is 0. The van der Waals surface area contributed by atoms with E-state index in [2.05, 4.69) is 10.6 Å². The third-order valence-corrected chi connectivity index (χ3v) is 5.99.